The van der Waals surface area contributed by atoms with Crippen LogP contribution >= 0.6 is 0 Å². The predicted molar refractivity (Wildman–Crippen MR) is 33.2 cm³/mol. The first kappa shape index (κ1) is 5.88. The lowest BCUT2D eigenvalue weighted by Gasteiger charge is -2.03. The molecule has 2 heterocycles. The molecule has 0 aliphatic carbocycles. The van der Waals surface area contributed by atoms with Crippen LogP contribution in [0, 0.1) is 0 Å². The third kappa shape index (κ3) is 0.913. The van der Waals surface area contributed by atoms with Gasteiger partial charge in [0.25, 0.3) is 0 Å². The third-order valence-corrected chi connectivity index (χ3v) is 1.40. The van der Waals surface area contributed by atoms with Gasteiger partial charge in [0, 0.05) is 0 Å². The van der Waals surface area contributed by atoms with Crippen LogP contribution < -0.4 is 0 Å². The van der Waals surface area contributed by atoms with Crippen LogP contribution in [0.2, 0.25) is 0 Å². The summed E-state index contributed by atoms with van der Waals surface area (Å²) in [4.78, 5) is 6.77. The van der Waals surface area contributed by atoms with E-state index in [4.69, 9.17) is 9.47 Å². The summed E-state index contributed by atoms with van der Waals surface area (Å²) in [6.07, 6.45) is 3.10. The van der Waals surface area contributed by atoms with Gasteiger partial charge in [0.15, 0.2) is 0 Å². The molecule has 4 nitrogen and oxygen atoms in total. The first-order valence-electron chi connectivity index (χ1n) is 3.18. The van der Waals surface area contributed by atoms with Gasteiger partial charge in [0.05, 0.1) is 31.4 Å². The number of hydrogen-bond donors (Lipinski definition) is 1. The van der Waals surface area contributed by atoms with E-state index in [2.05, 4.69) is 9.97 Å². The van der Waals surface area contributed by atoms with Gasteiger partial charge in [-0.2, -0.15) is 0 Å². The Labute approximate surface area is 58.2 Å². The molecule has 1 fully saturated rings. The molecular formula is C6H8N2O2. The van der Waals surface area contributed by atoms with Gasteiger partial charge in [0.1, 0.15) is 0 Å². The fourth-order valence-electron chi connectivity index (χ4n) is 0.934. The monoisotopic (exact) mass is 140 g/mol. The van der Waals surface area contributed by atoms with Crippen LogP contribution in [0.25, 0.3) is 0 Å². The van der Waals surface area contributed by atoms with Crippen molar-refractivity contribution < 1.29 is 9.47 Å². The van der Waals surface area contributed by atoms with Crippen molar-refractivity contribution in [2.75, 3.05) is 13.2 Å². The molecule has 10 heavy (non-hydrogen) atoms. The molecule has 1 aliphatic rings. The van der Waals surface area contributed by atoms with Crippen LogP contribution in [0.1, 0.15) is 12.0 Å². The van der Waals surface area contributed by atoms with E-state index in [0.29, 0.717) is 13.2 Å². The van der Waals surface area contributed by atoms with Crippen molar-refractivity contribution in [2.45, 2.75) is 6.29 Å². The van der Waals surface area contributed by atoms with Crippen LogP contribution in [0.15, 0.2) is 12.5 Å². The highest BCUT2D eigenvalue weighted by atomic mass is 16.7. The van der Waals surface area contributed by atoms with Crippen molar-refractivity contribution in [1.29, 1.82) is 0 Å². The van der Waals surface area contributed by atoms with E-state index in [1.807, 2.05) is 0 Å². The van der Waals surface area contributed by atoms with Crippen molar-refractivity contribution in [1.82, 2.24) is 9.97 Å². The molecule has 0 amide bonds. The van der Waals surface area contributed by atoms with E-state index in [1.54, 1.807) is 12.5 Å². The minimum atomic E-state index is -0.220. The number of nitrogens with zero attached hydrogens (tertiary/aromatic N) is 1. The molecule has 4 heteroatoms. The van der Waals surface area contributed by atoms with Gasteiger partial charge in [-0.15, -0.1) is 0 Å². The molecule has 0 saturated carbocycles. The molecule has 2 rings (SSSR count). The van der Waals surface area contributed by atoms with E-state index >= 15 is 0 Å². The zero-order valence-corrected chi connectivity index (χ0v) is 5.41. The third-order valence-electron chi connectivity index (χ3n) is 1.40. The predicted octanol–water partition coefficient (Wildman–Crippen LogP) is 0.455. The van der Waals surface area contributed by atoms with Gasteiger partial charge >= 0.3 is 0 Å². The summed E-state index contributed by atoms with van der Waals surface area (Å²) in [5.74, 6) is 0. The summed E-state index contributed by atoms with van der Waals surface area (Å²) in [7, 11) is 0. The van der Waals surface area contributed by atoms with Gasteiger partial charge in [-0.3, -0.25) is 0 Å². The number of H-pyrrole nitrogens is 1. The number of rotatable bonds is 1. The SMILES string of the molecule is c1ncc(C2OCCO2)[nH]1. The second kappa shape index (κ2) is 2.40. The van der Waals surface area contributed by atoms with Gasteiger partial charge in [-0.1, -0.05) is 0 Å². The van der Waals surface area contributed by atoms with Crippen LogP contribution in [0.4, 0.5) is 0 Å². The highest BCUT2D eigenvalue weighted by Gasteiger charge is 2.18. The average molecular weight is 140 g/mol. The van der Waals surface area contributed by atoms with Crippen molar-refractivity contribution in [3.05, 3.63) is 18.2 Å². The zero-order chi connectivity index (χ0) is 6.81. The van der Waals surface area contributed by atoms with Crippen molar-refractivity contribution >= 4 is 0 Å². The van der Waals surface area contributed by atoms with Crippen molar-refractivity contribution in [3.8, 4) is 0 Å². The van der Waals surface area contributed by atoms with E-state index in [-0.39, 0.29) is 6.29 Å². The average Bonchev–Trinajstić information content (AvgIpc) is 2.59. The molecule has 54 valence electrons. The van der Waals surface area contributed by atoms with Crippen LogP contribution in [-0.2, 0) is 9.47 Å². The second-order valence-corrected chi connectivity index (χ2v) is 2.08. The second-order valence-electron chi connectivity index (χ2n) is 2.08. The van der Waals surface area contributed by atoms with E-state index in [0.717, 1.165) is 5.69 Å². The summed E-state index contributed by atoms with van der Waals surface area (Å²) in [6.45, 7) is 1.34. The van der Waals surface area contributed by atoms with Crippen molar-refractivity contribution in [2.24, 2.45) is 0 Å². The Hall–Kier alpha value is -0.870. The topological polar surface area (TPSA) is 47.1 Å². The summed E-state index contributed by atoms with van der Waals surface area (Å²) in [5, 5.41) is 0. The minimum absolute atomic E-state index is 0.220. The summed E-state index contributed by atoms with van der Waals surface area (Å²) < 4.78 is 10.4. The van der Waals surface area contributed by atoms with Gasteiger partial charge in [0.2, 0.25) is 6.29 Å². The maximum absolute atomic E-state index is 5.20. The number of ether oxygens (including phenoxy) is 2. The molecule has 0 aromatic carbocycles. The number of hydrogen-bond acceptors (Lipinski definition) is 3. The lowest BCUT2D eigenvalue weighted by Crippen LogP contribution is -1.97. The molecule has 1 aromatic heterocycles. The van der Waals surface area contributed by atoms with Crippen LogP contribution in [-0.4, -0.2) is 23.2 Å². The van der Waals surface area contributed by atoms with Crippen LogP contribution in [0.3, 0.4) is 0 Å². The Morgan fingerprint density at radius 2 is 2.30 bits per heavy atom. The smallest absolute Gasteiger partial charge is 0.200 e. The van der Waals surface area contributed by atoms with Crippen LogP contribution in [0.5, 0.6) is 0 Å². The minimum Gasteiger partial charge on any atom is -0.345 e. The molecule has 1 aliphatic heterocycles. The zero-order valence-electron chi connectivity index (χ0n) is 5.41. The number of imidazole rings is 1. The highest BCUT2D eigenvalue weighted by Crippen LogP contribution is 2.19. The summed E-state index contributed by atoms with van der Waals surface area (Å²) >= 11 is 0. The molecule has 0 unspecified atom stereocenters. The molecule has 1 aromatic rings. The number of nitrogens with one attached hydrogen (secondary N) is 1. The quantitative estimate of drug-likeness (QED) is 0.616. The Morgan fingerprint density at radius 3 is 2.90 bits per heavy atom. The van der Waals surface area contributed by atoms with E-state index in [1.165, 1.54) is 0 Å². The summed E-state index contributed by atoms with van der Waals surface area (Å²) in [6, 6.07) is 0. The summed E-state index contributed by atoms with van der Waals surface area (Å²) in [5.41, 5.74) is 0.887. The molecule has 0 atom stereocenters. The molecule has 0 bridgehead atoms. The van der Waals surface area contributed by atoms with E-state index in [9.17, 15) is 0 Å². The molecule has 0 spiro atoms. The Bertz CT molecular complexity index is 192. The maximum Gasteiger partial charge on any atom is 0.200 e. The lowest BCUT2D eigenvalue weighted by atomic mass is 10.5. The number of aromatic amines is 1. The molecule has 0 radical (unpaired) electrons. The first-order valence-corrected chi connectivity index (χ1v) is 3.18. The standard InChI is InChI=1S/C6H8N2O2/c1-2-10-6(9-1)5-3-7-4-8-5/h3-4,6H,1-2H2,(H,7,8). The van der Waals surface area contributed by atoms with Crippen molar-refractivity contribution in [3.63, 3.8) is 0 Å². The molecule has 1 saturated heterocycles. The highest BCUT2D eigenvalue weighted by molar-refractivity contribution is 4.96. The lowest BCUT2D eigenvalue weighted by molar-refractivity contribution is -0.0470. The molecular weight excluding hydrogens is 132 g/mol. The largest absolute Gasteiger partial charge is 0.345 e. The van der Waals surface area contributed by atoms with Gasteiger partial charge in [-0.05, 0) is 0 Å². The Morgan fingerprint density at radius 1 is 1.50 bits per heavy atom. The maximum atomic E-state index is 5.20. The number of aromatic nitrogens is 2. The first-order chi connectivity index (χ1) is 4.97. The Kier molecular flexibility index (Phi) is 1.41. The Balaban J connectivity index is 2.12. The van der Waals surface area contributed by atoms with Gasteiger partial charge in [-0.25, -0.2) is 4.98 Å². The normalized spacial score (nSPS) is 20.0. The van der Waals surface area contributed by atoms with Gasteiger partial charge < -0.3 is 14.5 Å². The fraction of sp³-hybridized carbons (Fsp3) is 0.500. The fourth-order valence-corrected chi connectivity index (χ4v) is 0.934. The van der Waals surface area contributed by atoms with E-state index < -0.39 is 0 Å². The molecule has 1 N–H and O–H groups in total.